The summed E-state index contributed by atoms with van der Waals surface area (Å²) in [4.78, 5) is 0. The lowest BCUT2D eigenvalue weighted by Gasteiger charge is -2.29. The molecule has 0 aliphatic heterocycles. The Morgan fingerprint density at radius 1 is 1.35 bits per heavy atom. The van der Waals surface area contributed by atoms with Gasteiger partial charge in [0.25, 0.3) is 0 Å². The highest BCUT2D eigenvalue weighted by molar-refractivity contribution is 5.37. The van der Waals surface area contributed by atoms with Crippen molar-refractivity contribution in [2.75, 3.05) is 0 Å². The molecule has 2 atom stereocenters. The average Bonchev–Trinajstić information content (AvgIpc) is 2.34. The lowest BCUT2D eigenvalue weighted by atomic mass is 9.94. The van der Waals surface area contributed by atoms with E-state index in [1.165, 1.54) is 5.56 Å². The van der Waals surface area contributed by atoms with Crippen LogP contribution in [0.5, 0.6) is 5.75 Å². The van der Waals surface area contributed by atoms with E-state index in [0.717, 1.165) is 37.0 Å². The number of aliphatic hydroxyl groups excluding tert-OH is 1. The first-order valence-corrected chi connectivity index (χ1v) is 6.35. The van der Waals surface area contributed by atoms with Gasteiger partial charge >= 0.3 is 0 Å². The first-order valence-electron chi connectivity index (χ1n) is 6.35. The number of aryl methyl sites for hydroxylation is 1. The molecule has 0 spiro atoms. The van der Waals surface area contributed by atoms with Gasteiger partial charge in [-0.15, -0.1) is 0 Å². The Labute approximate surface area is 103 Å². The number of ether oxygens (including phenoxy) is 1. The van der Waals surface area contributed by atoms with Crippen LogP contribution in [0.1, 0.15) is 36.8 Å². The van der Waals surface area contributed by atoms with Gasteiger partial charge in [0.2, 0.25) is 0 Å². The van der Waals surface area contributed by atoms with E-state index < -0.39 is 0 Å². The molecule has 2 unspecified atom stereocenters. The second-order valence-corrected chi connectivity index (χ2v) is 4.82. The van der Waals surface area contributed by atoms with E-state index in [1.807, 2.05) is 25.1 Å². The van der Waals surface area contributed by atoms with E-state index >= 15 is 0 Å². The Morgan fingerprint density at radius 3 is 2.82 bits per heavy atom. The van der Waals surface area contributed by atoms with Crippen LogP contribution in [0.4, 0.5) is 0 Å². The number of hydrogen-bond acceptors (Lipinski definition) is 3. The van der Waals surface area contributed by atoms with Crippen molar-refractivity contribution in [2.24, 2.45) is 5.73 Å². The number of nitrogens with two attached hydrogens (primary N) is 1. The van der Waals surface area contributed by atoms with Crippen molar-refractivity contribution in [2.45, 2.75) is 51.4 Å². The molecule has 0 heterocycles. The van der Waals surface area contributed by atoms with Crippen LogP contribution in [-0.2, 0) is 6.54 Å². The van der Waals surface area contributed by atoms with Crippen LogP contribution in [0.3, 0.4) is 0 Å². The maximum atomic E-state index is 9.89. The smallest absolute Gasteiger partial charge is 0.124 e. The summed E-state index contributed by atoms with van der Waals surface area (Å²) in [5, 5.41) is 9.89. The largest absolute Gasteiger partial charge is 0.487 e. The number of aliphatic hydroxyl groups is 1. The van der Waals surface area contributed by atoms with Gasteiger partial charge < -0.3 is 15.6 Å². The van der Waals surface area contributed by atoms with Crippen LogP contribution in [0.25, 0.3) is 0 Å². The molecular formula is C14H21NO2. The van der Waals surface area contributed by atoms with Gasteiger partial charge in [-0.05, 0) is 32.3 Å². The van der Waals surface area contributed by atoms with Crippen LogP contribution >= 0.6 is 0 Å². The zero-order valence-corrected chi connectivity index (χ0v) is 10.4. The summed E-state index contributed by atoms with van der Waals surface area (Å²) in [5.74, 6) is 0.823. The van der Waals surface area contributed by atoms with Gasteiger partial charge in [0.15, 0.2) is 0 Å². The van der Waals surface area contributed by atoms with Crippen LogP contribution in [-0.4, -0.2) is 17.3 Å². The Bertz CT molecular complexity index is 378. The third-order valence-corrected chi connectivity index (χ3v) is 3.38. The van der Waals surface area contributed by atoms with Crippen molar-refractivity contribution in [3.63, 3.8) is 0 Å². The minimum absolute atomic E-state index is 0.0724. The highest BCUT2D eigenvalue weighted by Gasteiger charge is 2.25. The Kier molecular flexibility index (Phi) is 4.02. The summed E-state index contributed by atoms with van der Waals surface area (Å²) >= 11 is 0. The molecule has 3 nitrogen and oxygen atoms in total. The van der Waals surface area contributed by atoms with Gasteiger partial charge in [0.05, 0.1) is 6.10 Å². The van der Waals surface area contributed by atoms with Gasteiger partial charge in [0, 0.05) is 12.1 Å². The van der Waals surface area contributed by atoms with Crippen LogP contribution in [0, 0.1) is 6.92 Å². The Morgan fingerprint density at radius 2 is 2.12 bits per heavy atom. The summed E-state index contributed by atoms with van der Waals surface area (Å²) in [7, 11) is 0. The quantitative estimate of drug-likeness (QED) is 0.844. The molecule has 1 aliphatic rings. The molecule has 94 valence electrons. The lowest BCUT2D eigenvalue weighted by Crippen LogP contribution is -2.34. The molecule has 1 fully saturated rings. The van der Waals surface area contributed by atoms with E-state index in [2.05, 4.69) is 0 Å². The van der Waals surface area contributed by atoms with Crippen LogP contribution in [0.15, 0.2) is 18.2 Å². The standard InChI is InChI=1S/C14H21NO2/c1-10-6-7-13(11(8-10)9-15)17-14-5-3-2-4-12(14)16/h6-8,12,14,16H,2-5,9,15H2,1H3. The molecule has 1 saturated carbocycles. The molecule has 3 heteroatoms. The fraction of sp³-hybridized carbons (Fsp3) is 0.571. The minimum Gasteiger partial charge on any atom is -0.487 e. The second-order valence-electron chi connectivity index (χ2n) is 4.82. The minimum atomic E-state index is -0.337. The molecule has 2 rings (SSSR count). The summed E-state index contributed by atoms with van der Waals surface area (Å²) in [6.07, 6.45) is 3.59. The fourth-order valence-corrected chi connectivity index (χ4v) is 2.36. The Hall–Kier alpha value is -1.06. The van der Waals surface area contributed by atoms with Crippen molar-refractivity contribution >= 4 is 0 Å². The third-order valence-electron chi connectivity index (χ3n) is 3.38. The summed E-state index contributed by atoms with van der Waals surface area (Å²) < 4.78 is 5.91. The first-order chi connectivity index (χ1) is 8.20. The highest BCUT2D eigenvalue weighted by Crippen LogP contribution is 2.26. The van der Waals surface area contributed by atoms with E-state index in [1.54, 1.807) is 0 Å². The topological polar surface area (TPSA) is 55.5 Å². The lowest BCUT2D eigenvalue weighted by molar-refractivity contribution is 0.00641. The van der Waals surface area contributed by atoms with Gasteiger partial charge in [0.1, 0.15) is 11.9 Å². The van der Waals surface area contributed by atoms with Crippen LogP contribution < -0.4 is 10.5 Å². The fourth-order valence-electron chi connectivity index (χ4n) is 2.36. The first kappa shape index (κ1) is 12.4. The molecule has 0 bridgehead atoms. The van der Waals surface area contributed by atoms with E-state index in [0.29, 0.717) is 6.54 Å². The van der Waals surface area contributed by atoms with Gasteiger partial charge in [-0.2, -0.15) is 0 Å². The molecule has 0 aromatic heterocycles. The van der Waals surface area contributed by atoms with E-state index in [9.17, 15) is 5.11 Å². The van der Waals surface area contributed by atoms with Crippen molar-refractivity contribution < 1.29 is 9.84 Å². The molecule has 0 saturated heterocycles. The van der Waals surface area contributed by atoms with Crippen molar-refractivity contribution in [1.82, 2.24) is 0 Å². The predicted octanol–water partition coefficient (Wildman–Crippen LogP) is 2.14. The molecule has 1 aromatic carbocycles. The van der Waals surface area contributed by atoms with Crippen molar-refractivity contribution in [3.8, 4) is 5.75 Å². The van der Waals surface area contributed by atoms with Crippen LogP contribution in [0.2, 0.25) is 0 Å². The third kappa shape index (κ3) is 2.99. The molecule has 3 N–H and O–H groups in total. The molecule has 1 aromatic rings. The van der Waals surface area contributed by atoms with Gasteiger partial charge in [-0.3, -0.25) is 0 Å². The predicted molar refractivity (Wildman–Crippen MR) is 68.0 cm³/mol. The zero-order chi connectivity index (χ0) is 12.3. The number of hydrogen-bond donors (Lipinski definition) is 2. The monoisotopic (exact) mass is 235 g/mol. The van der Waals surface area contributed by atoms with Crippen molar-refractivity contribution in [1.29, 1.82) is 0 Å². The van der Waals surface area contributed by atoms with Gasteiger partial charge in [-0.1, -0.05) is 24.1 Å². The zero-order valence-electron chi connectivity index (χ0n) is 10.4. The van der Waals surface area contributed by atoms with E-state index in [4.69, 9.17) is 10.5 Å². The average molecular weight is 235 g/mol. The SMILES string of the molecule is Cc1ccc(OC2CCCCC2O)c(CN)c1. The molecular weight excluding hydrogens is 214 g/mol. The number of benzene rings is 1. The number of rotatable bonds is 3. The molecule has 0 amide bonds. The maximum Gasteiger partial charge on any atom is 0.124 e. The Balaban J connectivity index is 2.11. The molecule has 1 aliphatic carbocycles. The van der Waals surface area contributed by atoms with Crippen molar-refractivity contribution in [3.05, 3.63) is 29.3 Å². The molecule has 17 heavy (non-hydrogen) atoms. The normalized spacial score (nSPS) is 24.6. The summed E-state index contributed by atoms with van der Waals surface area (Å²) in [6, 6.07) is 6.02. The highest BCUT2D eigenvalue weighted by atomic mass is 16.5. The maximum absolute atomic E-state index is 9.89. The summed E-state index contributed by atoms with van der Waals surface area (Å²) in [6.45, 7) is 2.51. The summed E-state index contributed by atoms with van der Waals surface area (Å²) in [5.41, 5.74) is 7.92. The van der Waals surface area contributed by atoms with E-state index in [-0.39, 0.29) is 12.2 Å². The van der Waals surface area contributed by atoms with Gasteiger partial charge in [-0.25, -0.2) is 0 Å². The second kappa shape index (κ2) is 5.52. The molecule has 0 radical (unpaired) electrons.